The van der Waals surface area contributed by atoms with Gasteiger partial charge in [-0.25, -0.2) is 4.79 Å². The molecule has 0 atom stereocenters. The van der Waals surface area contributed by atoms with Gasteiger partial charge in [0, 0.05) is 36.6 Å². The van der Waals surface area contributed by atoms with Gasteiger partial charge >= 0.3 is 5.97 Å². The molecule has 0 unspecified atom stereocenters. The topological polar surface area (TPSA) is 52.6 Å². The quantitative estimate of drug-likeness (QED) is 0.783. The van der Waals surface area contributed by atoms with E-state index in [1.807, 2.05) is 19.1 Å². The largest absolute Gasteiger partial charge is 0.478 e. The van der Waals surface area contributed by atoms with E-state index in [-0.39, 0.29) is 0 Å². The minimum Gasteiger partial charge on any atom is -0.478 e. The van der Waals surface area contributed by atoms with E-state index in [9.17, 15) is 4.79 Å². The predicted octanol–water partition coefficient (Wildman–Crippen LogP) is 3.12. The standard InChI is InChI=1S/C16H22N2O2/c1-2-13(16(19)20)9-10-17-14-5-7-15(8-6-14)18-11-3-4-12-18/h5-9,17H,2-4,10-12H2,1H3,(H,19,20)/b13-9-. The molecule has 0 amide bonds. The van der Waals surface area contributed by atoms with Crippen LogP contribution in [0.4, 0.5) is 11.4 Å². The molecule has 0 bridgehead atoms. The second-order valence-electron chi connectivity index (χ2n) is 5.01. The Morgan fingerprint density at radius 1 is 1.30 bits per heavy atom. The van der Waals surface area contributed by atoms with Crippen molar-refractivity contribution in [2.45, 2.75) is 26.2 Å². The second-order valence-corrected chi connectivity index (χ2v) is 5.01. The summed E-state index contributed by atoms with van der Waals surface area (Å²) in [6, 6.07) is 8.34. The number of hydrogen-bond donors (Lipinski definition) is 2. The fourth-order valence-corrected chi connectivity index (χ4v) is 2.44. The highest BCUT2D eigenvalue weighted by Gasteiger charge is 2.11. The summed E-state index contributed by atoms with van der Waals surface area (Å²) in [6.45, 7) is 4.69. The van der Waals surface area contributed by atoms with Crippen LogP contribution in [0.1, 0.15) is 26.2 Å². The third-order valence-corrected chi connectivity index (χ3v) is 3.65. The van der Waals surface area contributed by atoms with Crippen molar-refractivity contribution in [3.05, 3.63) is 35.9 Å². The van der Waals surface area contributed by atoms with Crippen LogP contribution in [0.25, 0.3) is 0 Å². The molecule has 1 aliphatic rings. The van der Waals surface area contributed by atoms with Gasteiger partial charge < -0.3 is 15.3 Å². The van der Waals surface area contributed by atoms with E-state index in [2.05, 4.69) is 22.3 Å². The molecule has 1 aliphatic heterocycles. The van der Waals surface area contributed by atoms with Crippen LogP contribution in [-0.4, -0.2) is 30.7 Å². The van der Waals surface area contributed by atoms with Gasteiger partial charge in [-0.2, -0.15) is 0 Å². The first-order valence-corrected chi connectivity index (χ1v) is 7.22. The van der Waals surface area contributed by atoms with Gasteiger partial charge in [-0.3, -0.25) is 0 Å². The Hall–Kier alpha value is -1.97. The number of anilines is 2. The number of nitrogens with one attached hydrogen (secondary N) is 1. The van der Waals surface area contributed by atoms with Gasteiger partial charge in [0.05, 0.1) is 0 Å². The number of hydrogen-bond acceptors (Lipinski definition) is 3. The Bertz CT molecular complexity index is 474. The summed E-state index contributed by atoms with van der Waals surface area (Å²) in [7, 11) is 0. The van der Waals surface area contributed by atoms with Crippen LogP contribution in [0.5, 0.6) is 0 Å². The smallest absolute Gasteiger partial charge is 0.331 e. The van der Waals surface area contributed by atoms with Crippen molar-refractivity contribution in [2.24, 2.45) is 0 Å². The first-order valence-electron chi connectivity index (χ1n) is 7.22. The van der Waals surface area contributed by atoms with Crippen molar-refractivity contribution >= 4 is 17.3 Å². The fraction of sp³-hybridized carbons (Fsp3) is 0.438. The summed E-state index contributed by atoms with van der Waals surface area (Å²) in [6.07, 6.45) is 4.83. The van der Waals surface area contributed by atoms with Gasteiger partial charge in [-0.15, -0.1) is 0 Å². The van der Waals surface area contributed by atoms with Gasteiger partial charge in [0.15, 0.2) is 0 Å². The first-order chi connectivity index (χ1) is 9.70. The Balaban J connectivity index is 1.89. The zero-order valence-electron chi connectivity index (χ0n) is 11.9. The average molecular weight is 274 g/mol. The molecule has 1 saturated heterocycles. The SMILES string of the molecule is CC/C(=C/CNc1ccc(N2CCCC2)cc1)C(=O)O. The Morgan fingerprint density at radius 3 is 2.50 bits per heavy atom. The molecule has 2 rings (SSSR count). The number of benzene rings is 1. The molecule has 4 nitrogen and oxygen atoms in total. The zero-order chi connectivity index (χ0) is 14.4. The lowest BCUT2D eigenvalue weighted by molar-refractivity contribution is -0.132. The molecular weight excluding hydrogens is 252 g/mol. The fourth-order valence-electron chi connectivity index (χ4n) is 2.44. The Labute approximate surface area is 120 Å². The number of nitrogens with zero attached hydrogens (tertiary/aromatic N) is 1. The van der Waals surface area contributed by atoms with Crippen LogP contribution in [0, 0.1) is 0 Å². The van der Waals surface area contributed by atoms with Crippen LogP contribution in [0.15, 0.2) is 35.9 Å². The van der Waals surface area contributed by atoms with Gasteiger partial charge in [-0.05, 0) is 43.5 Å². The summed E-state index contributed by atoms with van der Waals surface area (Å²) in [5.41, 5.74) is 2.74. The van der Waals surface area contributed by atoms with E-state index >= 15 is 0 Å². The van der Waals surface area contributed by atoms with Crippen molar-refractivity contribution in [1.29, 1.82) is 0 Å². The Morgan fingerprint density at radius 2 is 1.95 bits per heavy atom. The van der Waals surface area contributed by atoms with E-state index in [0.717, 1.165) is 18.8 Å². The van der Waals surface area contributed by atoms with Crippen molar-refractivity contribution in [3.63, 3.8) is 0 Å². The molecule has 0 aromatic heterocycles. The highest BCUT2D eigenvalue weighted by Crippen LogP contribution is 2.21. The summed E-state index contributed by atoms with van der Waals surface area (Å²) >= 11 is 0. The summed E-state index contributed by atoms with van der Waals surface area (Å²) < 4.78 is 0. The van der Waals surface area contributed by atoms with Crippen LogP contribution < -0.4 is 10.2 Å². The number of aliphatic carboxylic acids is 1. The number of carboxylic acid groups (broad SMARTS) is 1. The summed E-state index contributed by atoms with van der Waals surface area (Å²) in [5.74, 6) is -0.835. The number of rotatable bonds is 6. The molecular formula is C16H22N2O2. The lowest BCUT2D eigenvalue weighted by atomic mass is 10.2. The van der Waals surface area contributed by atoms with Crippen LogP contribution >= 0.6 is 0 Å². The minimum absolute atomic E-state index is 0.450. The van der Waals surface area contributed by atoms with Gasteiger partial charge in [0.2, 0.25) is 0 Å². The van der Waals surface area contributed by atoms with E-state index in [0.29, 0.717) is 18.5 Å². The Kier molecular flexibility index (Phi) is 5.04. The van der Waals surface area contributed by atoms with Crippen molar-refractivity contribution in [3.8, 4) is 0 Å². The summed E-state index contributed by atoms with van der Waals surface area (Å²) in [5, 5.41) is 12.2. The van der Waals surface area contributed by atoms with Gasteiger partial charge in [0.25, 0.3) is 0 Å². The number of carbonyl (C=O) groups is 1. The minimum atomic E-state index is -0.835. The van der Waals surface area contributed by atoms with Gasteiger partial charge in [-0.1, -0.05) is 13.0 Å². The lowest BCUT2D eigenvalue weighted by Crippen LogP contribution is -2.17. The van der Waals surface area contributed by atoms with E-state index < -0.39 is 5.97 Å². The molecule has 0 spiro atoms. The van der Waals surface area contributed by atoms with Crippen molar-refractivity contribution in [1.82, 2.24) is 0 Å². The van der Waals surface area contributed by atoms with Crippen LogP contribution in [-0.2, 0) is 4.79 Å². The molecule has 20 heavy (non-hydrogen) atoms. The maximum absolute atomic E-state index is 10.9. The molecule has 0 radical (unpaired) electrons. The highest BCUT2D eigenvalue weighted by molar-refractivity contribution is 5.86. The summed E-state index contributed by atoms with van der Waals surface area (Å²) in [4.78, 5) is 13.3. The third-order valence-electron chi connectivity index (χ3n) is 3.65. The lowest BCUT2D eigenvalue weighted by Gasteiger charge is -2.17. The maximum Gasteiger partial charge on any atom is 0.331 e. The average Bonchev–Trinajstić information content (AvgIpc) is 2.98. The predicted molar refractivity (Wildman–Crippen MR) is 82.4 cm³/mol. The van der Waals surface area contributed by atoms with Crippen LogP contribution in [0.2, 0.25) is 0 Å². The van der Waals surface area contributed by atoms with E-state index in [1.54, 1.807) is 6.08 Å². The molecule has 1 fully saturated rings. The molecule has 2 N–H and O–H groups in total. The van der Waals surface area contributed by atoms with Crippen molar-refractivity contribution in [2.75, 3.05) is 29.9 Å². The van der Waals surface area contributed by atoms with Crippen molar-refractivity contribution < 1.29 is 9.90 Å². The molecule has 1 aromatic carbocycles. The molecule has 1 aromatic rings. The molecule has 0 saturated carbocycles. The molecule has 1 heterocycles. The van der Waals surface area contributed by atoms with E-state index in [4.69, 9.17) is 5.11 Å². The molecule has 0 aliphatic carbocycles. The molecule has 4 heteroatoms. The normalized spacial score (nSPS) is 15.4. The van der Waals surface area contributed by atoms with Crippen LogP contribution in [0.3, 0.4) is 0 Å². The second kappa shape index (κ2) is 6.98. The molecule has 108 valence electrons. The highest BCUT2D eigenvalue weighted by atomic mass is 16.4. The first kappa shape index (κ1) is 14.4. The number of carboxylic acids is 1. The maximum atomic E-state index is 10.9. The zero-order valence-corrected chi connectivity index (χ0v) is 11.9. The van der Waals surface area contributed by atoms with E-state index in [1.165, 1.54) is 18.5 Å². The third kappa shape index (κ3) is 3.76. The van der Waals surface area contributed by atoms with Gasteiger partial charge in [0.1, 0.15) is 0 Å². The monoisotopic (exact) mass is 274 g/mol.